The number of rotatable bonds is 6. The highest BCUT2D eigenvalue weighted by molar-refractivity contribution is 5.94. The Kier molecular flexibility index (Phi) is 6.35. The Morgan fingerprint density at radius 3 is 2.58 bits per heavy atom. The lowest BCUT2D eigenvalue weighted by Crippen LogP contribution is -2.39. The van der Waals surface area contributed by atoms with Crippen molar-refractivity contribution in [2.75, 3.05) is 19.7 Å². The third-order valence-corrected chi connectivity index (χ3v) is 5.75. The molecule has 0 radical (unpaired) electrons. The normalized spacial score (nSPS) is 16.5. The molecule has 6 nitrogen and oxygen atoms in total. The fourth-order valence-electron chi connectivity index (χ4n) is 3.94. The largest absolute Gasteiger partial charge is 0.494 e. The second-order valence-corrected chi connectivity index (χ2v) is 8.28. The first-order valence-corrected chi connectivity index (χ1v) is 11.0. The summed E-state index contributed by atoms with van der Waals surface area (Å²) >= 11 is 0. The number of likely N-dealkylation sites (tertiary alicyclic amines) is 1. The summed E-state index contributed by atoms with van der Waals surface area (Å²) in [5, 5.41) is 4.19. The first-order chi connectivity index (χ1) is 15.0. The van der Waals surface area contributed by atoms with Crippen molar-refractivity contribution in [1.29, 1.82) is 0 Å². The minimum atomic E-state index is 0.0248. The van der Waals surface area contributed by atoms with E-state index < -0.39 is 0 Å². The van der Waals surface area contributed by atoms with Gasteiger partial charge in [-0.3, -0.25) is 4.79 Å². The quantitative estimate of drug-likeness (QED) is 0.544. The molecule has 162 valence electrons. The van der Waals surface area contributed by atoms with E-state index in [0.29, 0.717) is 36.3 Å². The lowest BCUT2D eigenvalue weighted by molar-refractivity contribution is 0.0695. The third kappa shape index (κ3) is 4.79. The second-order valence-electron chi connectivity index (χ2n) is 8.28. The van der Waals surface area contributed by atoms with Crippen molar-refractivity contribution in [1.82, 2.24) is 15.0 Å². The Hall–Kier alpha value is -3.15. The molecule has 1 aromatic heterocycles. The van der Waals surface area contributed by atoms with Gasteiger partial charge in [0, 0.05) is 24.2 Å². The summed E-state index contributed by atoms with van der Waals surface area (Å²) in [6.07, 6.45) is 1.84. The van der Waals surface area contributed by atoms with Gasteiger partial charge in [0.1, 0.15) is 5.75 Å². The summed E-state index contributed by atoms with van der Waals surface area (Å²) in [6, 6.07) is 15.6. The number of carbonyl (C=O) groups is 1. The Balaban J connectivity index is 1.44. The molecule has 1 aliphatic heterocycles. The van der Waals surface area contributed by atoms with Crippen LogP contribution in [0.1, 0.15) is 67.3 Å². The number of aromatic nitrogens is 2. The predicted octanol–water partition coefficient (Wildman–Crippen LogP) is 5.28. The maximum absolute atomic E-state index is 13.0. The molecule has 3 aromatic rings. The SMILES string of the molecule is CCOc1ccc(C(=O)N2CCCC(c3nc(-c4ccc(C(C)C)cc4)no3)C2)cc1. The van der Waals surface area contributed by atoms with Crippen LogP contribution in [0.5, 0.6) is 5.75 Å². The summed E-state index contributed by atoms with van der Waals surface area (Å²) in [4.78, 5) is 19.5. The molecule has 0 spiro atoms. The summed E-state index contributed by atoms with van der Waals surface area (Å²) in [5.74, 6) is 2.53. The molecule has 1 unspecified atom stereocenters. The molecule has 4 rings (SSSR count). The molecule has 1 atom stereocenters. The zero-order valence-corrected chi connectivity index (χ0v) is 18.4. The van der Waals surface area contributed by atoms with Gasteiger partial charge in [0.25, 0.3) is 5.91 Å². The minimum Gasteiger partial charge on any atom is -0.494 e. The van der Waals surface area contributed by atoms with Crippen molar-refractivity contribution in [2.45, 2.75) is 45.4 Å². The van der Waals surface area contributed by atoms with E-state index in [1.54, 1.807) is 0 Å². The van der Waals surface area contributed by atoms with Crippen molar-refractivity contribution in [3.05, 3.63) is 65.5 Å². The number of benzene rings is 2. The molecule has 1 aliphatic rings. The standard InChI is InChI=1S/C25H29N3O3/c1-4-30-22-13-11-20(12-14-22)25(29)28-15-5-6-21(16-28)24-26-23(27-31-24)19-9-7-18(8-10-19)17(2)3/h7-14,17,21H,4-6,15-16H2,1-3H3. The molecule has 0 saturated carbocycles. The maximum atomic E-state index is 13.0. The molecule has 2 aromatic carbocycles. The van der Waals surface area contributed by atoms with E-state index in [9.17, 15) is 4.79 Å². The van der Waals surface area contributed by atoms with E-state index in [-0.39, 0.29) is 11.8 Å². The van der Waals surface area contributed by atoms with Gasteiger partial charge in [-0.25, -0.2) is 0 Å². The van der Waals surface area contributed by atoms with Gasteiger partial charge in [0.15, 0.2) is 0 Å². The molecule has 6 heteroatoms. The van der Waals surface area contributed by atoms with Crippen LogP contribution in [0.2, 0.25) is 0 Å². The molecular weight excluding hydrogens is 390 g/mol. The molecule has 2 heterocycles. The van der Waals surface area contributed by atoms with Gasteiger partial charge in [-0.2, -0.15) is 4.98 Å². The first-order valence-electron chi connectivity index (χ1n) is 11.0. The van der Waals surface area contributed by atoms with E-state index in [1.165, 1.54) is 5.56 Å². The Morgan fingerprint density at radius 2 is 1.90 bits per heavy atom. The molecule has 1 amide bonds. The van der Waals surface area contributed by atoms with Crippen LogP contribution in [-0.4, -0.2) is 40.6 Å². The van der Waals surface area contributed by atoms with Gasteiger partial charge in [-0.15, -0.1) is 0 Å². The Bertz CT molecular complexity index is 1010. The van der Waals surface area contributed by atoms with Crippen molar-refractivity contribution < 1.29 is 14.1 Å². The lowest BCUT2D eigenvalue weighted by Gasteiger charge is -2.31. The van der Waals surface area contributed by atoms with E-state index >= 15 is 0 Å². The summed E-state index contributed by atoms with van der Waals surface area (Å²) in [6.45, 7) is 8.21. The van der Waals surface area contributed by atoms with Crippen molar-refractivity contribution in [3.8, 4) is 17.1 Å². The number of hydrogen-bond donors (Lipinski definition) is 0. The van der Waals surface area contributed by atoms with Gasteiger partial charge >= 0.3 is 0 Å². The smallest absolute Gasteiger partial charge is 0.253 e. The molecule has 0 aliphatic carbocycles. The minimum absolute atomic E-state index is 0.0248. The molecule has 31 heavy (non-hydrogen) atoms. The van der Waals surface area contributed by atoms with Crippen LogP contribution in [0.3, 0.4) is 0 Å². The molecule has 1 fully saturated rings. The number of ether oxygens (including phenoxy) is 1. The topological polar surface area (TPSA) is 68.5 Å². The molecular formula is C25H29N3O3. The van der Waals surface area contributed by atoms with Crippen molar-refractivity contribution in [2.24, 2.45) is 0 Å². The Labute approximate surface area is 183 Å². The molecule has 0 bridgehead atoms. The highest BCUT2D eigenvalue weighted by Crippen LogP contribution is 2.29. The van der Waals surface area contributed by atoms with Crippen LogP contribution in [0.15, 0.2) is 53.1 Å². The lowest BCUT2D eigenvalue weighted by atomic mass is 9.97. The van der Waals surface area contributed by atoms with E-state index in [4.69, 9.17) is 9.26 Å². The van der Waals surface area contributed by atoms with Crippen LogP contribution < -0.4 is 4.74 Å². The molecule has 0 N–H and O–H groups in total. The van der Waals surface area contributed by atoms with Gasteiger partial charge < -0.3 is 14.2 Å². The summed E-state index contributed by atoms with van der Waals surface area (Å²) in [7, 11) is 0. The number of carbonyl (C=O) groups excluding carboxylic acids is 1. The number of hydrogen-bond acceptors (Lipinski definition) is 5. The summed E-state index contributed by atoms with van der Waals surface area (Å²) in [5.41, 5.74) is 2.89. The van der Waals surface area contributed by atoms with Crippen LogP contribution in [0.25, 0.3) is 11.4 Å². The van der Waals surface area contributed by atoms with Gasteiger partial charge in [0.05, 0.1) is 12.5 Å². The van der Waals surface area contributed by atoms with Gasteiger partial charge in [-0.05, 0) is 55.5 Å². The van der Waals surface area contributed by atoms with E-state index in [2.05, 4.69) is 36.1 Å². The van der Waals surface area contributed by atoms with Crippen molar-refractivity contribution in [3.63, 3.8) is 0 Å². The fourth-order valence-corrected chi connectivity index (χ4v) is 3.94. The second kappa shape index (κ2) is 9.33. The average Bonchev–Trinajstić information content (AvgIpc) is 3.30. The van der Waals surface area contributed by atoms with Gasteiger partial charge in [-0.1, -0.05) is 43.3 Å². The third-order valence-electron chi connectivity index (χ3n) is 5.75. The summed E-state index contributed by atoms with van der Waals surface area (Å²) < 4.78 is 11.1. The Morgan fingerprint density at radius 1 is 1.16 bits per heavy atom. The average molecular weight is 420 g/mol. The van der Waals surface area contributed by atoms with Crippen LogP contribution in [0.4, 0.5) is 0 Å². The zero-order valence-electron chi connectivity index (χ0n) is 18.4. The molecule has 1 saturated heterocycles. The van der Waals surface area contributed by atoms with Crippen molar-refractivity contribution >= 4 is 5.91 Å². The fraction of sp³-hybridized carbons (Fsp3) is 0.400. The highest BCUT2D eigenvalue weighted by Gasteiger charge is 2.29. The van der Waals surface area contributed by atoms with E-state index in [1.807, 2.05) is 48.2 Å². The first kappa shape index (κ1) is 21.1. The van der Waals surface area contributed by atoms with Crippen LogP contribution in [0, 0.1) is 0 Å². The maximum Gasteiger partial charge on any atom is 0.253 e. The predicted molar refractivity (Wildman–Crippen MR) is 119 cm³/mol. The van der Waals surface area contributed by atoms with E-state index in [0.717, 1.165) is 30.7 Å². The number of nitrogens with zero attached hydrogens (tertiary/aromatic N) is 3. The van der Waals surface area contributed by atoms with Gasteiger partial charge in [0.2, 0.25) is 11.7 Å². The monoisotopic (exact) mass is 419 g/mol. The van der Waals surface area contributed by atoms with Crippen LogP contribution in [-0.2, 0) is 0 Å². The van der Waals surface area contributed by atoms with Crippen LogP contribution >= 0.6 is 0 Å². The number of amides is 1. The zero-order chi connectivity index (χ0) is 21.8. The number of piperidine rings is 1. The highest BCUT2D eigenvalue weighted by atomic mass is 16.5.